The maximum absolute atomic E-state index is 11.1. The molecule has 0 aromatic heterocycles. The number of carboxylic acid groups (broad SMARTS) is 1. The molecule has 4 fully saturated rings. The average Bonchev–Trinajstić information content (AvgIpc) is 3.15. The molecular weight excluding hydrogens is 460 g/mol. The van der Waals surface area contributed by atoms with Gasteiger partial charge in [0.1, 0.15) is 42.7 Å². The first-order chi connectivity index (χ1) is 17.0. The van der Waals surface area contributed by atoms with Crippen LogP contribution in [0.15, 0.2) is 24.3 Å². The predicted octanol–water partition coefficient (Wildman–Crippen LogP) is 1.09. The van der Waals surface area contributed by atoms with Crippen LogP contribution in [0.1, 0.15) is 38.5 Å². The molecule has 6 heterocycles. The van der Waals surface area contributed by atoms with Gasteiger partial charge in [-0.15, -0.1) is 0 Å². The molecule has 4 saturated heterocycles. The molecule has 2 N–H and O–H groups in total. The van der Waals surface area contributed by atoms with Crippen molar-refractivity contribution >= 4 is 5.97 Å². The third-order valence-electron chi connectivity index (χ3n) is 7.79. The highest BCUT2D eigenvalue weighted by Gasteiger charge is 2.52. The van der Waals surface area contributed by atoms with Gasteiger partial charge in [-0.25, -0.2) is 0 Å². The van der Waals surface area contributed by atoms with E-state index in [1.54, 1.807) is 0 Å². The van der Waals surface area contributed by atoms with E-state index < -0.39 is 24.5 Å². The number of aliphatic hydroxyl groups is 1. The summed E-state index contributed by atoms with van der Waals surface area (Å²) in [6, 6.07) is 0. The summed E-state index contributed by atoms with van der Waals surface area (Å²) >= 11 is 0. The number of ether oxygens (including phenoxy) is 7. The molecule has 6 unspecified atom stereocenters. The number of hydrogen-bond acceptors (Lipinski definition) is 9. The summed E-state index contributed by atoms with van der Waals surface area (Å²) in [6.07, 6.45) is 7.17. The van der Waals surface area contributed by atoms with Gasteiger partial charge >= 0.3 is 5.97 Å². The van der Waals surface area contributed by atoms with Gasteiger partial charge in [0.15, 0.2) is 6.29 Å². The second-order valence-corrected chi connectivity index (χ2v) is 10.2. The van der Waals surface area contributed by atoms with Crippen LogP contribution in [0.4, 0.5) is 0 Å². The molecule has 0 aliphatic carbocycles. The molecule has 194 valence electrons. The number of carboxylic acids is 1. The number of rotatable bonds is 2. The quantitative estimate of drug-likeness (QED) is 0.540. The van der Waals surface area contributed by atoms with E-state index in [-0.39, 0.29) is 68.0 Å². The van der Waals surface area contributed by atoms with Crippen molar-refractivity contribution in [2.75, 3.05) is 13.2 Å². The maximum atomic E-state index is 11.1. The van der Waals surface area contributed by atoms with Gasteiger partial charge in [-0.1, -0.05) is 24.3 Å². The Morgan fingerprint density at radius 2 is 1.60 bits per heavy atom. The highest BCUT2D eigenvalue weighted by molar-refractivity contribution is 5.67. The predicted molar refractivity (Wildman–Crippen MR) is 119 cm³/mol. The highest BCUT2D eigenvalue weighted by atomic mass is 16.7. The van der Waals surface area contributed by atoms with E-state index in [1.165, 1.54) is 0 Å². The second kappa shape index (κ2) is 10.2. The maximum Gasteiger partial charge on any atom is 0.308 e. The summed E-state index contributed by atoms with van der Waals surface area (Å²) in [4.78, 5) is 11.0. The van der Waals surface area contributed by atoms with Gasteiger partial charge in [0.2, 0.25) is 0 Å². The van der Waals surface area contributed by atoms with Crippen LogP contribution in [0.2, 0.25) is 0 Å². The van der Waals surface area contributed by atoms with Gasteiger partial charge in [0, 0.05) is 13.0 Å². The van der Waals surface area contributed by atoms with Crippen molar-refractivity contribution in [3.05, 3.63) is 24.3 Å². The van der Waals surface area contributed by atoms with Crippen molar-refractivity contribution < 1.29 is 48.2 Å². The topological polar surface area (TPSA) is 122 Å². The smallest absolute Gasteiger partial charge is 0.308 e. The van der Waals surface area contributed by atoms with Crippen molar-refractivity contribution in [3.63, 3.8) is 0 Å². The van der Waals surface area contributed by atoms with Crippen molar-refractivity contribution in [1.29, 1.82) is 0 Å². The Morgan fingerprint density at radius 3 is 2.46 bits per heavy atom. The Bertz CT molecular complexity index is 831. The molecule has 6 aliphatic heterocycles. The van der Waals surface area contributed by atoms with Crippen LogP contribution in [0, 0.1) is 0 Å². The molecule has 10 nitrogen and oxygen atoms in total. The Balaban J connectivity index is 1.15. The fraction of sp³-hybridized carbons (Fsp3) is 0.800. The van der Waals surface area contributed by atoms with Crippen LogP contribution in [0.3, 0.4) is 0 Å². The van der Waals surface area contributed by atoms with Gasteiger partial charge in [0.05, 0.1) is 37.4 Å². The van der Waals surface area contributed by atoms with Gasteiger partial charge in [-0.2, -0.15) is 0 Å². The summed E-state index contributed by atoms with van der Waals surface area (Å²) in [5.74, 6) is -0.969. The second-order valence-electron chi connectivity index (χ2n) is 10.2. The lowest BCUT2D eigenvalue weighted by molar-refractivity contribution is -0.289. The van der Waals surface area contributed by atoms with E-state index in [1.807, 2.05) is 24.3 Å². The standard InChI is InChI=1S/C25H34O10/c26-21(27)11-22-30-12-20-14(34-22)6-3-5-13-15(32-20)7-8-16-18(31-13)10-19-25(35-16)23(28)24-17(33-19)4-1-2-9-29-24/h3,6-8,13-20,22-25,28H,1-2,4-5,9-12H2,(H,26,27)/b6-3-/t13?,14?,15-,16+,17?,18?,19?,20+,22?,23+,24-,25+/m0/s1. The zero-order valence-electron chi connectivity index (χ0n) is 19.6. The van der Waals surface area contributed by atoms with Crippen molar-refractivity contribution in [2.45, 2.75) is 112 Å². The lowest BCUT2D eigenvalue weighted by atomic mass is 9.87. The highest BCUT2D eigenvalue weighted by Crippen LogP contribution is 2.39. The Labute approximate surface area is 204 Å². The van der Waals surface area contributed by atoms with Crippen molar-refractivity contribution in [1.82, 2.24) is 0 Å². The summed E-state index contributed by atoms with van der Waals surface area (Å²) < 4.78 is 43.0. The van der Waals surface area contributed by atoms with E-state index >= 15 is 0 Å². The van der Waals surface area contributed by atoms with Gasteiger partial charge < -0.3 is 43.4 Å². The van der Waals surface area contributed by atoms with Crippen LogP contribution in [0.5, 0.6) is 0 Å². The number of carbonyl (C=O) groups is 1. The van der Waals surface area contributed by atoms with Crippen LogP contribution < -0.4 is 0 Å². The molecule has 6 rings (SSSR count). The summed E-state index contributed by atoms with van der Waals surface area (Å²) in [6.45, 7) is 0.870. The van der Waals surface area contributed by atoms with Crippen molar-refractivity contribution in [2.24, 2.45) is 0 Å². The Hall–Kier alpha value is -1.37. The third kappa shape index (κ3) is 4.95. The van der Waals surface area contributed by atoms with Crippen LogP contribution in [-0.4, -0.2) is 103 Å². The monoisotopic (exact) mass is 494 g/mol. The molecule has 35 heavy (non-hydrogen) atoms. The average molecular weight is 495 g/mol. The molecule has 0 aromatic rings. The zero-order chi connectivity index (χ0) is 23.9. The largest absolute Gasteiger partial charge is 0.481 e. The molecule has 10 heteroatoms. The molecular formula is C25H34O10. The minimum Gasteiger partial charge on any atom is -0.481 e. The summed E-state index contributed by atoms with van der Waals surface area (Å²) in [5, 5.41) is 20.1. The minimum atomic E-state index is -0.969. The van der Waals surface area contributed by atoms with E-state index in [4.69, 9.17) is 38.3 Å². The van der Waals surface area contributed by atoms with E-state index in [0.717, 1.165) is 19.3 Å². The van der Waals surface area contributed by atoms with Crippen LogP contribution >= 0.6 is 0 Å². The van der Waals surface area contributed by atoms with Crippen molar-refractivity contribution in [3.8, 4) is 0 Å². The number of hydrogen-bond donors (Lipinski definition) is 2. The Morgan fingerprint density at radius 1 is 0.800 bits per heavy atom. The molecule has 0 amide bonds. The molecule has 0 aromatic carbocycles. The lowest BCUT2D eigenvalue weighted by Crippen LogP contribution is -2.63. The fourth-order valence-corrected chi connectivity index (χ4v) is 6.05. The Kier molecular flexibility index (Phi) is 6.98. The molecule has 0 bridgehead atoms. The van der Waals surface area contributed by atoms with Gasteiger partial charge in [-0.3, -0.25) is 4.79 Å². The molecule has 0 saturated carbocycles. The number of fused-ring (bicyclic) bond motifs is 5. The number of aliphatic hydroxyl groups excluding tert-OH is 1. The van der Waals surface area contributed by atoms with Gasteiger partial charge in [0.25, 0.3) is 0 Å². The third-order valence-corrected chi connectivity index (χ3v) is 7.79. The van der Waals surface area contributed by atoms with E-state index in [0.29, 0.717) is 19.4 Å². The summed E-state index contributed by atoms with van der Waals surface area (Å²) in [7, 11) is 0. The first-order valence-corrected chi connectivity index (χ1v) is 12.8. The zero-order valence-corrected chi connectivity index (χ0v) is 19.6. The normalized spacial score (nSPS) is 50.4. The summed E-state index contributed by atoms with van der Waals surface area (Å²) in [5.41, 5.74) is 0. The van der Waals surface area contributed by atoms with Crippen LogP contribution in [-0.2, 0) is 38.0 Å². The van der Waals surface area contributed by atoms with E-state index in [9.17, 15) is 9.90 Å². The number of aliphatic carboxylic acids is 1. The van der Waals surface area contributed by atoms with Gasteiger partial charge in [-0.05, 0) is 25.7 Å². The van der Waals surface area contributed by atoms with E-state index in [2.05, 4.69) is 0 Å². The molecule has 0 radical (unpaired) electrons. The molecule has 6 aliphatic rings. The minimum absolute atomic E-state index is 0.121. The molecule has 12 atom stereocenters. The molecule has 0 spiro atoms. The van der Waals surface area contributed by atoms with Crippen LogP contribution in [0.25, 0.3) is 0 Å². The first kappa shape index (κ1) is 24.0. The first-order valence-electron chi connectivity index (χ1n) is 12.8. The fourth-order valence-electron chi connectivity index (χ4n) is 6.05. The lowest BCUT2D eigenvalue weighted by Gasteiger charge is -2.49. The SMILES string of the molecule is O=C(O)CC1OC[C@H]2O[C@H]3C=C[C@H]4O[C@@H]5C(CC4OC3C/C=C\C2O1)OC1CCCCO[C@@H]1[C@H]5O.